The average Bonchev–Trinajstić information content (AvgIpc) is 3.12. The van der Waals surface area contributed by atoms with Gasteiger partial charge in [-0.1, -0.05) is 6.07 Å². The van der Waals surface area contributed by atoms with E-state index in [0.29, 0.717) is 0 Å². The summed E-state index contributed by atoms with van der Waals surface area (Å²) in [4.78, 5) is 23.2. The van der Waals surface area contributed by atoms with E-state index in [1.165, 1.54) is 25.1 Å². The second-order valence-corrected chi connectivity index (χ2v) is 4.34. The Kier molecular flexibility index (Phi) is 3.60. The van der Waals surface area contributed by atoms with Crippen LogP contribution in [0.15, 0.2) is 24.3 Å². The first-order chi connectivity index (χ1) is 8.56. The van der Waals surface area contributed by atoms with E-state index in [1.54, 1.807) is 0 Å². The van der Waals surface area contributed by atoms with Crippen LogP contribution in [0, 0.1) is 5.82 Å². The minimum atomic E-state index is -0.874. The molecule has 1 fully saturated rings. The van der Waals surface area contributed by atoms with E-state index in [0.717, 1.165) is 18.9 Å². The van der Waals surface area contributed by atoms with Crippen molar-refractivity contribution in [1.29, 1.82) is 0 Å². The molecule has 0 spiro atoms. The highest BCUT2D eigenvalue weighted by Gasteiger charge is 2.27. The lowest BCUT2D eigenvalue weighted by Gasteiger charge is -2.13. The number of ether oxygens (including phenoxy) is 1. The van der Waals surface area contributed by atoms with Crippen molar-refractivity contribution in [3.63, 3.8) is 0 Å². The molecule has 96 valence electrons. The summed E-state index contributed by atoms with van der Waals surface area (Å²) in [5.74, 6) is -1.53. The molecule has 1 amide bonds. The highest BCUT2D eigenvalue weighted by Crippen LogP contribution is 2.19. The van der Waals surface area contributed by atoms with Crippen molar-refractivity contribution in [2.24, 2.45) is 0 Å². The fourth-order valence-electron chi connectivity index (χ4n) is 1.44. The molecule has 0 aliphatic heterocycles. The highest BCUT2D eigenvalue weighted by molar-refractivity contribution is 5.92. The fraction of sp³-hybridized carbons (Fsp3) is 0.385. The van der Waals surface area contributed by atoms with Crippen LogP contribution in [0.3, 0.4) is 0 Å². The van der Waals surface area contributed by atoms with Gasteiger partial charge in [0.15, 0.2) is 6.10 Å². The first-order valence-corrected chi connectivity index (χ1v) is 5.83. The van der Waals surface area contributed by atoms with Crippen molar-refractivity contribution >= 4 is 11.9 Å². The van der Waals surface area contributed by atoms with Gasteiger partial charge in [0.2, 0.25) is 0 Å². The van der Waals surface area contributed by atoms with Gasteiger partial charge in [-0.2, -0.15) is 0 Å². The predicted octanol–water partition coefficient (Wildman–Crippen LogP) is 1.65. The number of halogens is 1. The van der Waals surface area contributed by atoms with Gasteiger partial charge < -0.3 is 10.1 Å². The molecule has 1 atom stereocenters. The molecule has 0 aromatic heterocycles. The molecule has 4 nitrogen and oxygen atoms in total. The summed E-state index contributed by atoms with van der Waals surface area (Å²) in [5, 5.41) is 2.73. The van der Waals surface area contributed by atoms with Crippen molar-refractivity contribution in [3.05, 3.63) is 35.6 Å². The quantitative estimate of drug-likeness (QED) is 0.828. The molecule has 0 saturated heterocycles. The summed E-state index contributed by atoms with van der Waals surface area (Å²) in [5.41, 5.74) is 0.0982. The van der Waals surface area contributed by atoms with Gasteiger partial charge in [0, 0.05) is 6.04 Å². The maximum Gasteiger partial charge on any atom is 0.339 e. The zero-order chi connectivity index (χ0) is 13.1. The number of hydrogen-bond acceptors (Lipinski definition) is 3. The molecule has 2 rings (SSSR count). The van der Waals surface area contributed by atoms with Crippen molar-refractivity contribution in [2.75, 3.05) is 0 Å². The third-order valence-corrected chi connectivity index (χ3v) is 2.64. The Hall–Kier alpha value is -1.91. The first-order valence-electron chi connectivity index (χ1n) is 5.83. The molecule has 1 aromatic rings. The predicted molar refractivity (Wildman–Crippen MR) is 62.4 cm³/mol. The van der Waals surface area contributed by atoms with Crippen molar-refractivity contribution < 1.29 is 18.7 Å². The minimum absolute atomic E-state index is 0.0982. The first kappa shape index (κ1) is 12.5. The van der Waals surface area contributed by atoms with Gasteiger partial charge in [0.25, 0.3) is 5.91 Å². The molecule has 0 radical (unpaired) electrons. The number of hydrogen-bond donors (Lipinski definition) is 1. The summed E-state index contributed by atoms with van der Waals surface area (Å²) >= 11 is 0. The van der Waals surface area contributed by atoms with Gasteiger partial charge in [-0.25, -0.2) is 9.18 Å². The molecule has 1 saturated carbocycles. The summed E-state index contributed by atoms with van der Waals surface area (Å²) in [6.07, 6.45) is 1.06. The van der Waals surface area contributed by atoms with Gasteiger partial charge in [-0.05, 0) is 38.0 Å². The Morgan fingerprint density at radius 2 is 2.17 bits per heavy atom. The summed E-state index contributed by atoms with van der Waals surface area (Å²) < 4.78 is 17.9. The molecule has 5 heteroatoms. The molecule has 1 aliphatic carbocycles. The minimum Gasteiger partial charge on any atom is -0.449 e. The molecule has 0 bridgehead atoms. The van der Waals surface area contributed by atoms with Crippen LogP contribution in [0.5, 0.6) is 0 Å². The molecule has 0 unspecified atom stereocenters. The van der Waals surface area contributed by atoms with Crippen molar-refractivity contribution in [1.82, 2.24) is 5.32 Å². The molecular formula is C13H14FNO3. The van der Waals surface area contributed by atoms with Crippen LogP contribution < -0.4 is 5.32 Å². The number of rotatable bonds is 4. The van der Waals surface area contributed by atoms with E-state index in [2.05, 4.69) is 5.32 Å². The summed E-state index contributed by atoms with van der Waals surface area (Å²) in [6.45, 7) is 1.49. The average molecular weight is 251 g/mol. The van der Waals surface area contributed by atoms with E-state index < -0.39 is 17.9 Å². The molecule has 0 heterocycles. The van der Waals surface area contributed by atoms with Crippen LogP contribution in [-0.4, -0.2) is 24.0 Å². The molecule has 1 aromatic carbocycles. The van der Waals surface area contributed by atoms with E-state index in [-0.39, 0.29) is 17.5 Å². The third kappa shape index (κ3) is 3.29. The molecule has 18 heavy (non-hydrogen) atoms. The standard InChI is InChI=1S/C13H14FNO3/c1-8(12(16)15-11-5-6-11)18-13(17)9-3-2-4-10(14)7-9/h2-4,7-8,11H,5-6H2,1H3,(H,15,16)/t8-/m1/s1. The SMILES string of the molecule is C[C@@H](OC(=O)c1cccc(F)c1)C(=O)NC1CC1. The lowest BCUT2D eigenvalue weighted by Crippen LogP contribution is -2.37. The van der Waals surface area contributed by atoms with Gasteiger partial charge in [0.05, 0.1) is 5.56 Å². The van der Waals surface area contributed by atoms with Crippen LogP contribution in [0.2, 0.25) is 0 Å². The highest BCUT2D eigenvalue weighted by atomic mass is 19.1. The van der Waals surface area contributed by atoms with E-state index in [1.807, 2.05) is 0 Å². The largest absolute Gasteiger partial charge is 0.449 e. The number of carbonyl (C=O) groups excluding carboxylic acids is 2. The number of nitrogens with one attached hydrogen (secondary N) is 1. The summed E-state index contributed by atoms with van der Waals surface area (Å²) in [6, 6.07) is 5.39. The number of esters is 1. The summed E-state index contributed by atoms with van der Waals surface area (Å²) in [7, 11) is 0. The van der Waals surface area contributed by atoms with Gasteiger partial charge >= 0.3 is 5.97 Å². The Bertz CT molecular complexity index is 471. The normalized spacial score (nSPS) is 15.9. The number of carbonyl (C=O) groups is 2. The number of benzene rings is 1. The van der Waals surface area contributed by atoms with Gasteiger partial charge in [-0.3, -0.25) is 4.79 Å². The zero-order valence-corrected chi connectivity index (χ0v) is 9.98. The Balaban J connectivity index is 1.91. The van der Waals surface area contributed by atoms with Crippen molar-refractivity contribution in [2.45, 2.75) is 31.9 Å². The Morgan fingerprint density at radius 1 is 1.44 bits per heavy atom. The fourth-order valence-corrected chi connectivity index (χ4v) is 1.44. The van der Waals surface area contributed by atoms with Gasteiger partial charge in [-0.15, -0.1) is 0 Å². The maximum atomic E-state index is 12.9. The Morgan fingerprint density at radius 3 is 2.78 bits per heavy atom. The Labute approximate surface area is 104 Å². The molecule has 1 N–H and O–H groups in total. The van der Waals surface area contributed by atoms with Crippen LogP contribution in [0.1, 0.15) is 30.1 Å². The zero-order valence-electron chi connectivity index (χ0n) is 9.98. The van der Waals surface area contributed by atoms with Crippen LogP contribution in [-0.2, 0) is 9.53 Å². The smallest absolute Gasteiger partial charge is 0.339 e. The second kappa shape index (κ2) is 5.16. The number of amides is 1. The van der Waals surface area contributed by atoms with Crippen LogP contribution >= 0.6 is 0 Å². The van der Waals surface area contributed by atoms with E-state index >= 15 is 0 Å². The van der Waals surface area contributed by atoms with E-state index in [9.17, 15) is 14.0 Å². The topological polar surface area (TPSA) is 55.4 Å². The third-order valence-electron chi connectivity index (χ3n) is 2.64. The van der Waals surface area contributed by atoms with Gasteiger partial charge in [0.1, 0.15) is 5.82 Å². The lowest BCUT2D eigenvalue weighted by atomic mass is 10.2. The molecule has 1 aliphatic rings. The van der Waals surface area contributed by atoms with Crippen LogP contribution in [0.4, 0.5) is 4.39 Å². The lowest BCUT2D eigenvalue weighted by molar-refractivity contribution is -0.129. The monoisotopic (exact) mass is 251 g/mol. The maximum absolute atomic E-state index is 12.9. The molecular weight excluding hydrogens is 237 g/mol. The second-order valence-electron chi connectivity index (χ2n) is 4.34. The van der Waals surface area contributed by atoms with E-state index in [4.69, 9.17) is 4.74 Å². The van der Waals surface area contributed by atoms with Crippen molar-refractivity contribution in [3.8, 4) is 0 Å². The van der Waals surface area contributed by atoms with Crippen LogP contribution in [0.25, 0.3) is 0 Å².